The number of carboxylic acid groups (broad SMARTS) is 1. The first-order chi connectivity index (χ1) is 11.1. The Kier molecular flexibility index (Phi) is 4.18. The summed E-state index contributed by atoms with van der Waals surface area (Å²) in [5.41, 5.74) is 0.729. The van der Waals surface area contributed by atoms with Gasteiger partial charge in [-0.05, 0) is 54.3 Å². The lowest BCUT2D eigenvalue weighted by Gasteiger charge is -2.62. The molecule has 3 aliphatic carbocycles. The van der Waals surface area contributed by atoms with Crippen LogP contribution < -0.4 is 0 Å². The Labute approximate surface area is 144 Å². The van der Waals surface area contributed by atoms with Gasteiger partial charge in [0.05, 0.1) is 6.10 Å². The van der Waals surface area contributed by atoms with Crippen molar-refractivity contribution in [2.75, 3.05) is 0 Å². The molecule has 24 heavy (non-hydrogen) atoms. The van der Waals surface area contributed by atoms with E-state index in [1.165, 1.54) is 6.08 Å². The molecule has 6 atom stereocenters. The smallest absolute Gasteiger partial charge is 0.328 e. The summed E-state index contributed by atoms with van der Waals surface area (Å²) in [7, 11) is 0. The molecule has 2 N–H and O–H groups in total. The van der Waals surface area contributed by atoms with Crippen molar-refractivity contribution in [1.82, 2.24) is 0 Å². The fourth-order valence-corrected chi connectivity index (χ4v) is 6.27. The SMILES string of the molecule is CC1C(=CC(=O)O)CCC2C1C(=O)CC1C(C)(C)C(O)CCC21C. The van der Waals surface area contributed by atoms with E-state index in [0.29, 0.717) is 12.3 Å². The molecule has 0 bridgehead atoms. The number of ketones is 1. The monoisotopic (exact) mass is 334 g/mol. The molecule has 3 aliphatic rings. The van der Waals surface area contributed by atoms with Crippen molar-refractivity contribution in [3.63, 3.8) is 0 Å². The van der Waals surface area contributed by atoms with Crippen LogP contribution in [0.1, 0.15) is 59.8 Å². The Morgan fingerprint density at radius 1 is 1.25 bits per heavy atom. The van der Waals surface area contributed by atoms with E-state index in [0.717, 1.165) is 31.3 Å². The van der Waals surface area contributed by atoms with Gasteiger partial charge in [-0.25, -0.2) is 4.79 Å². The molecule has 3 saturated carbocycles. The normalized spacial score (nSPS) is 46.3. The molecule has 0 spiro atoms. The Morgan fingerprint density at radius 3 is 2.54 bits per heavy atom. The van der Waals surface area contributed by atoms with E-state index in [1.807, 2.05) is 6.92 Å². The topological polar surface area (TPSA) is 74.6 Å². The van der Waals surface area contributed by atoms with Crippen molar-refractivity contribution in [2.24, 2.45) is 34.5 Å². The van der Waals surface area contributed by atoms with E-state index >= 15 is 0 Å². The molecule has 0 aliphatic heterocycles. The van der Waals surface area contributed by atoms with Crippen LogP contribution in [0.2, 0.25) is 0 Å². The molecule has 0 aromatic carbocycles. The zero-order chi connectivity index (χ0) is 17.9. The second-order valence-electron chi connectivity index (χ2n) is 9.12. The van der Waals surface area contributed by atoms with E-state index in [4.69, 9.17) is 5.11 Å². The highest BCUT2D eigenvalue weighted by molar-refractivity contribution is 5.85. The van der Waals surface area contributed by atoms with Crippen LogP contribution in [0.15, 0.2) is 11.6 Å². The van der Waals surface area contributed by atoms with Gasteiger partial charge in [-0.3, -0.25) is 4.79 Å². The lowest BCUT2D eigenvalue weighted by atomic mass is 9.42. The molecule has 0 saturated heterocycles. The largest absolute Gasteiger partial charge is 0.478 e. The van der Waals surface area contributed by atoms with E-state index in [2.05, 4.69) is 20.8 Å². The summed E-state index contributed by atoms with van der Waals surface area (Å²) in [5.74, 6) is -0.175. The third-order valence-corrected chi connectivity index (χ3v) is 7.74. The Bertz CT molecular complexity index is 590. The third-order valence-electron chi connectivity index (χ3n) is 7.74. The molecule has 0 amide bonds. The summed E-state index contributed by atoms with van der Waals surface area (Å²) in [4.78, 5) is 24.1. The van der Waals surface area contributed by atoms with Crippen LogP contribution >= 0.6 is 0 Å². The van der Waals surface area contributed by atoms with Crippen LogP contribution in [0.4, 0.5) is 0 Å². The van der Waals surface area contributed by atoms with Crippen molar-refractivity contribution in [2.45, 2.75) is 65.9 Å². The maximum absolute atomic E-state index is 13.0. The highest BCUT2D eigenvalue weighted by Gasteiger charge is 2.61. The summed E-state index contributed by atoms with van der Waals surface area (Å²) < 4.78 is 0. The van der Waals surface area contributed by atoms with Crippen LogP contribution in [-0.4, -0.2) is 28.1 Å². The Morgan fingerprint density at radius 2 is 1.92 bits per heavy atom. The molecular weight excluding hydrogens is 304 g/mol. The molecule has 3 rings (SSSR count). The number of carboxylic acids is 1. The number of aliphatic hydroxyl groups excluding tert-OH is 1. The van der Waals surface area contributed by atoms with E-state index in [-0.39, 0.29) is 40.5 Å². The van der Waals surface area contributed by atoms with Gasteiger partial charge in [0.1, 0.15) is 5.78 Å². The van der Waals surface area contributed by atoms with Gasteiger partial charge in [0.15, 0.2) is 0 Å². The number of hydrogen-bond acceptors (Lipinski definition) is 3. The maximum Gasteiger partial charge on any atom is 0.328 e. The first-order valence-electron chi connectivity index (χ1n) is 9.23. The molecule has 0 radical (unpaired) electrons. The van der Waals surface area contributed by atoms with Gasteiger partial charge in [0.2, 0.25) is 0 Å². The Balaban J connectivity index is 1.97. The number of hydrogen-bond donors (Lipinski definition) is 2. The minimum Gasteiger partial charge on any atom is -0.478 e. The van der Waals surface area contributed by atoms with Gasteiger partial charge < -0.3 is 10.2 Å². The number of aliphatic hydroxyl groups is 1. The van der Waals surface area contributed by atoms with Crippen molar-refractivity contribution in [3.05, 3.63) is 11.6 Å². The summed E-state index contributed by atoms with van der Waals surface area (Å²) in [6, 6.07) is 0. The first-order valence-corrected chi connectivity index (χ1v) is 9.23. The highest BCUT2D eigenvalue weighted by atomic mass is 16.4. The van der Waals surface area contributed by atoms with Gasteiger partial charge in [-0.2, -0.15) is 0 Å². The molecule has 4 nitrogen and oxygen atoms in total. The van der Waals surface area contributed by atoms with Gasteiger partial charge in [0.25, 0.3) is 0 Å². The van der Waals surface area contributed by atoms with Gasteiger partial charge in [-0.15, -0.1) is 0 Å². The molecule has 0 heterocycles. The number of fused-ring (bicyclic) bond motifs is 3. The van der Waals surface area contributed by atoms with Crippen LogP contribution in [-0.2, 0) is 9.59 Å². The van der Waals surface area contributed by atoms with E-state index in [1.54, 1.807) is 0 Å². The molecule has 0 aromatic rings. The fraction of sp³-hybridized carbons (Fsp3) is 0.800. The molecule has 134 valence electrons. The lowest BCUT2D eigenvalue weighted by molar-refractivity contribution is -0.172. The van der Waals surface area contributed by atoms with E-state index < -0.39 is 5.97 Å². The summed E-state index contributed by atoms with van der Waals surface area (Å²) in [6.45, 7) is 8.55. The van der Waals surface area contributed by atoms with Crippen LogP contribution in [0.25, 0.3) is 0 Å². The highest BCUT2D eigenvalue weighted by Crippen LogP contribution is 2.63. The van der Waals surface area contributed by atoms with E-state index in [9.17, 15) is 14.7 Å². The number of aliphatic carboxylic acids is 1. The van der Waals surface area contributed by atoms with Crippen molar-refractivity contribution in [1.29, 1.82) is 0 Å². The minimum absolute atomic E-state index is 0.0140. The average molecular weight is 334 g/mol. The third kappa shape index (κ3) is 2.45. The summed E-state index contributed by atoms with van der Waals surface area (Å²) in [5, 5.41) is 19.6. The van der Waals surface area contributed by atoms with Crippen LogP contribution in [0.5, 0.6) is 0 Å². The molecule has 3 fully saturated rings. The average Bonchev–Trinajstić information content (AvgIpc) is 2.48. The number of rotatable bonds is 1. The standard InChI is InChI=1S/C20H30O4/c1-11-12(9-17(23)24)5-6-13-18(11)14(21)10-15-19(2,3)16(22)7-8-20(13,15)4/h9,11,13,15-16,18,22H,5-8,10H2,1-4H3,(H,23,24). The van der Waals surface area contributed by atoms with Gasteiger partial charge >= 0.3 is 5.97 Å². The van der Waals surface area contributed by atoms with Gasteiger partial charge in [-0.1, -0.05) is 33.3 Å². The quantitative estimate of drug-likeness (QED) is 0.720. The van der Waals surface area contributed by atoms with Gasteiger partial charge in [0, 0.05) is 18.4 Å². The molecule has 4 heteroatoms. The number of Topliss-reactive ketones (excluding diaryl/α,β-unsaturated/α-hetero) is 1. The van der Waals surface area contributed by atoms with Crippen molar-refractivity contribution >= 4 is 11.8 Å². The van der Waals surface area contributed by atoms with Crippen molar-refractivity contribution in [3.8, 4) is 0 Å². The summed E-state index contributed by atoms with van der Waals surface area (Å²) >= 11 is 0. The van der Waals surface area contributed by atoms with Crippen LogP contribution in [0, 0.1) is 34.5 Å². The lowest BCUT2D eigenvalue weighted by Crippen LogP contribution is -2.60. The molecule has 0 aromatic heterocycles. The summed E-state index contributed by atoms with van der Waals surface area (Å²) in [6.07, 6.45) is 4.91. The number of allylic oxidation sites excluding steroid dienone is 1. The zero-order valence-corrected chi connectivity index (χ0v) is 15.2. The van der Waals surface area contributed by atoms with Crippen molar-refractivity contribution < 1.29 is 19.8 Å². The Hall–Kier alpha value is -1.16. The fourth-order valence-electron chi connectivity index (χ4n) is 6.27. The number of carbonyl (C=O) groups is 2. The molecular formula is C20H30O4. The van der Waals surface area contributed by atoms with Crippen LogP contribution in [0.3, 0.4) is 0 Å². The zero-order valence-electron chi connectivity index (χ0n) is 15.2. The maximum atomic E-state index is 13.0. The predicted molar refractivity (Wildman–Crippen MR) is 91.3 cm³/mol. The minimum atomic E-state index is -0.912. The molecule has 6 unspecified atom stereocenters. The first kappa shape index (κ1) is 17.7. The number of carbonyl (C=O) groups excluding carboxylic acids is 1. The second kappa shape index (κ2) is 5.69. The second-order valence-corrected chi connectivity index (χ2v) is 9.12. The predicted octanol–water partition coefficient (Wildman–Crippen LogP) is 3.44.